The zero-order chi connectivity index (χ0) is 23.3. The van der Waals surface area contributed by atoms with E-state index in [2.05, 4.69) is 70.7 Å². The van der Waals surface area contributed by atoms with Gasteiger partial charge in [0.1, 0.15) is 0 Å². The first-order chi connectivity index (χ1) is 15.3. The molecule has 168 valence electrons. The number of nitrogens with two attached hydrogens (primary N) is 1. The molecule has 1 atom stereocenters. The third-order valence-electron chi connectivity index (χ3n) is 6.33. The van der Waals surface area contributed by atoms with Crippen molar-refractivity contribution in [2.75, 3.05) is 13.1 Å². The first kappa shape index (κ1) is 23.6. The fourth-order valence-corrected chi connectivity index (χ4v) is 4.02. The van der Waals surface area contributed by atoms with E-state index in [0.717, 1.165) is 30.8 Å². The number of rotatable bonds is 5. The van der Waals surface area contributed by atoms with Gasteiger partial charge in [-0.1, -0.05) is 49.1 Å². The Kier molecular flexibility index (Phi) is 7.70. The molecule has 0 aromatic heterocycles. The van der Waals surface area contributed by atoms with Crippen LogP contribution in [0.4, 0.5) is 0 Å². The lowest BCUT2D eigenvalue weighted by Gasteiger charge is -2.32. The topological polar surface area (TPSA) is 49.6 Å². The van der Waals surface area contributed by atoms with E-state index in [9.17, 15) is 4.79 Å². The number of hydrogen-bond acceptors (Lipinski definition) is 3. The minimum atomic E-state index is 0.0353. The largest absolute Gasteiger partial charge is 0.337 e. The third-order valence-corrected chi connectivity index (χ3v) is 6.33. The molecule has 2 aliphatic heterocycles. The number of hydrogen-bond donors (Lipinski definition) is 1. The van der Waals surface area contributed by atoms with Gasteiger partial charge in [-0.25, -0.2) is 0 Å². The summed E-state index contributed by atoms with van der Waals surface area (Å²) in [4.78, 5) is 16.8. The van der Waals surface area contributed by atoms with Gasteiger partial charge in [-0.2, -0.15) is 0 Å². The number of piperidine rings is 1. The summed E-state index contributed by atoms with van der Waals surface area (Å²) in [6.45, 7) is 14.0. The van der Waals surface area contributed by atoms with E-state index in [-0.39, 0.29) is 11.9 Å². The molecule has 32 heavy (non-hydrogen) atoms. The van der Waals surface area contributed by atoms with Gasteiger partial charge in [-0.3, -0.25) is 4.79 Å². The number of amides is 1. The molecule has 0 spiro atoms. The SMILES string of the molecule is C=C1C=C(C(=O)N2CCCC(N)C2)C=CN1/C(C)=C(C)/C(C)=C/C=C(\C)c1ccccc1. The van der Waals surface area contributed by atoms with Crippen molar-refractivity contribution < 1.29 is 4.79 Å². The molecule has 3 rings (SSSR count). The molecule has 0 aliphatic carbocycles. The van der Waals surface area contributed by atoms with E-state index in [0.29, 0.717) is 12.1 Å². The number of likely N-dealkylation sites (tertiary alicyclic amines) is 1. The average Bonchev–Trinajstić information content (AvgIpc) is 2.81. The highest BCUT2D eigenvalue weighted by Crippen LogP contribution is 2.27. The zero-order valence-corrected chi connectivity index (χ0v) is 19.8. The molecule has 1 aromatic carbocycles. The molecule has 0 saturated carbocycles. The molecule has 0 radical (unpaired) electrons. The molecule has 1 saturated heterocycles. The van der Waals surface area contributed by atoms with E-state index in [1.54, 1.807) is 0 Å². The van der Waals surface area contributed by atoms with Crippen molar-refractivity contribution in [2.24, 2.45) is 5.73 Å². The standard InChI is InChI=1S/C28H35N3O/c1-20(13-14-21(2)25-10-7-6-8-11-25)23(4)24(5)31-17-15-26(18-22(31)3)28(32)30-16-9-12-27(29)19-30/h6-8,10-11,13-15,17-18,27H,3,9,12,16,19,29H2,1-2,4-5H3/b20-13+,21-14+,24-23+. The Bertz CT molecular complexity index is 1020. The molecular formula is C28H35N3O. The molecule has 0 bridgehead atoms. The summed E-state index contributed by atoms with van der Waals surface area (Å²) in [5.41, 5.74) is 13.4. The minimum absolute atomic E-state index is 0.0353. The zero-order valence-electron chi connectivity index (χ0n) is 19.8. The van der Waals surface area contributed by atoms with Crippen LogP contribution in [0.1, 0.15) is 46.1 Å². The Morgan fingerprint density at radius 1 is 1.12 bits per heavy atom. The molecule has 1 amide bonds. The maximum absolute atomic E-state index is 12.9. The number of carbonyl (C=O) groups excluding carboxylic acids is 1. The minimum Gasteiger partial charge on any atom is -0.337 e. The smallest absolute Gasteiger partial charge is 0.254 e. The van der Waals surface area contributed by atoms with Crippen LogP contribution in [0.3, 0.4) is 0 Å². The maximum Gasteiger partial charge on any atom is 0.254 e. The van der Waals surface area contributed by atoms with Crippen molar-refractivity contribution in [3.05, 3.63) is 101 Å². The molecule has 2 heterocycles. The van der Waals surface area contributed by atoms with Gasteiger partial charge in [0.05, 0.1) is 0 Å². The number of nitrogens with zero attached hydrogens (tertiary/aromatic N) is 2. The van der Waals surface area contributed by atoms with Crippen LogP contribution in [0.15, 0.2) is 95.5 Å². The van der Waals surface area contributed by atoms with Crippen molar-refractivity contribution >= 4 is 11.5 Å². The lowest BCUT2D eigenvalue weighted by Crippen LogP contribution is -2.46. The second kappa shape index (κ2) is 10.5. The van der Waals surface area contributed by atoms with Gasteiger partial charge in [-0.05, 0) is 75.0 Å². The summed E-state index contributed by atoms with van der Waals surface area (Å²) < 4.78 is 0. The van der Waals surface area contributed by atoms with Crippen LogP contribution in [-0.4, -0.2) is 34.8 Å². The number of benzene rings is 1. The van der Waals surface area contributed by atoms with Gasteiger partial charge in [0.25, 0.3) is 5.91 Å². The molecular weight excluding hydrogens is 394 g/mol. The first-order valence-corrected chi connectivity index (χ1v) is 11.3. The van der Waals surface area contributed by atoms with E-state index < -0.39 is 0 Å². The second-order valence-electron chi connectivity index (χ2n) is 8.71. The van der Waals surface area contributed by atoms with E-state index in [1.807, 2.05) is 34.2 Å². The van der Waals surface area contributed by atoms with Crippen LogP contribution in [0, 0.1) is 0 Å². The number of allylic oxidation sites excluding steroid dienone is 7. The van der Waals surface area contributed by atoms with Crippen LogP contribution in [0.25, 0.3) is 5.57 Å². The summed E-state index contributed by atoms with van der Waals surface area (Å²) in [7, 11) is 0. The van der Waals surface area contributed by atoms with Crippen LogP contribution >= 0.6 is 0 Å². The maximum atomic E-state index is 12.9. The van der Waals surface area contributed by atoms with Crippen molar-refractivity contribution in [1.29, 1.82) is 0 Å². The lowest BCUT2D eigenvalue weighted by molar-refractivity contribution is -0.127. The highest BCUT2D eigenvalue weighted by Gasteiger charge is 2.25. The average molecular weight is 430 g/mol. The quantitative estimate of drug-likeness (QED) is 0.625. The highest BCUT2D eigenvalue weighted by atomic mass is 16.2. The molecule has 2 N–H and O–H groups in total. The molecule has 4 heteroatoms. The van der Waals surface area contributed by atoms with Crippen LogP contribution < -0.4 is 5.73 Å². The van der Waals surface area contributed by atoms with Gasteiger partial charge in [-0.15, -0.1) is 0 Å². The van der Waals surface area contributed by atoms with Gasteiger partial charge >= 0.3 is 0 Å². The van der Waals surface area contributed by atoms with Crippen molar-refractivity contribution in [2.45, 2.75) is 46.6 Å². The summed E-state index contributed by atoms with van der Waals surface area (Å²) in [6.07, 6.45) is 11.9. The lowest BCUT2D eigenvalue weighted by atomic mass is 10.0. The van der Waals surface area contributed by atoms with Gasteiger partial charge < -0.3 is 15.5 Å². The van der Waals surface area contributed by atoms with Gasteiger partial charge in [0.15, 0.2) is 0 Å². The molecule has 2 aliphatic rings. The highest BCUT2D eigenvalue weighted by molar-refractivity contribution is 5.97. The Morgan fingerprint density at radius 2 is 1.84 bits per heavy atom. The Balaban J connectivity index is 1.73. The van der Waals surface area contributed by atoms with Crippen molar-refractivity contribution in [3.63, 3.8) is 0 Å². The van der Waals surface area contributed by atoms with Gasteiger partial charge in [0, 0.05) is 42.3 Å². The van der Waals surface area contributed by atoms with Crippen LogP contribution in [-0.2, 0) is 4.79 Å². The predicted octanol–water partition coefficient (Wildman–Crippen LogP) is 5.55. The molecule has 1 unspecified atom stereocenters. The fraction of sp³-hybridized carbons (Fsp3) is 0.321. The molecule has 1 fully saturated rings. The van der Waals surface area contributed by atoms with Crippen LogP contribution in [0.2, 0.25) is 0 Å². The van der Waals surface area contributed by atoms with E-state index in [1.165, 1.54) is 22.3 Å². The molecule has 4 nitrogen and oxygen atoms in total. The second-order valence-corrected chi connectivity index (χ2v) is 8.71. The summed E-state index contributed by atoms with van der Waals surface area (Å²) in [5.74, 6) is 0.0353. The third kappa shape index (κ3) is 5.57. The summed E-state index contributed by atoms with van der Waals surface area (Å²) >= 11 is 0. The number of carbonyl (C=O) groups is 1. The fourth-order valence-electron chi connectivity index (χ4n) is 4.02. The Hall–Kier alpha value is -3.11. The van der Waals surface area contributed by atoms with Crippen LogP contribution in [0.5, 0.6) is 0 Å². The molecule has 1 aromatic rings. The summed E-state index contributed by atoms with van der Waals surface area (Å²) in [5, 5.41) is 0. The van der Waals surface area contributed by atoms with E-state index >= 15 is 0 Å². The summed E-state index contributed by atoms with van der Waals surface area (Å²) in [6, 6.07) is 10.4. The van der Waals surface area contributed by atoms with Crippen molar-refractivity contribution in [3.8, 4) is 0 Å². The van der Waals surface area contributed by atoms with Gasteiger partial charge in [0.2, 0.25) is 0 Å². The Labute approximate surface area is 192 Å². The van der Waals surface area contributed by atoms with E-state index in [4.69, 9.17) is 5.73 Å². The normalized spacial score (nSPS) is 20.8. The predicted molar refractivity (Wildman–Crippen MR) is 134 cm³/mol. The Morgan fingerprint density at radius 3 is 2.50 bits per heavy atom. The monoisotopic (exact) mass is 429 g/mol. The first-order valence-electron chi connectivity index (χ1n) is 11.3. The van der Waals surface area contributed by atoms with Crippen molar-refractivity contribution in [1.82, 2.24) is 9.80 Å².